The van der Waals surface area contributed by atoms with E-state index in [4.69, 9.17) is 4.98 Å². The number of hydrogen-bond acceptors (Lipinski definition) is 6. The van der Waals surface area contributed by atoms with Crippen molar-refractivity contribution in [3.8, 4) is 23.1 Å². The van der Waals surface area contributed by atoms with E-state index in [0.717, 1.165) is 17.1 Å². The van der Waals surface area contributed by atoms with Crippen molar-refractivity contribution in [3.63, 3.8) is 0 Å². The molecule has 2 N–H and O–H groups in total. The quantitative estimate of drug-likeness (QED) is 0.530. The van der Waals surface area contributed by atoms with Gasteiger partial charge in [0, 0.05) is 31.0 Å². The number of carbonyl (C=O) groups is 1. The van der Waals surface area contributed by atoms with E-state index in [1.54, 1.807) is 22.5 Å². The van der Waals surface area contributed by atoms with Crippen LogP contribution in [0.4, 0.5) is 0 Å². The van der Waals surface area contributed by atoms with Gasteiger partial charge in [-0.25, -0.2) is 14.3 Å². The van der Waals surface area contributed by atoms with E-state index in [2.05, 4.69) is 27.2 Å². The van der Waals surface area contributed by atoms with Gasteiger partial charge in [0.1, 0.15) is 5.03 Å². The van der Waals surface area contributed by atoms with Gasteiger partial charge in [-0.1, -0.05) is 17.7 Å². The van der Waals surface area contributed by atoms with Crippen molar-refractivity contribution in [1.82, 2.24) is 24.9 Å². The fraction of sp³-hybridized carbons (Fsp3) is 0.222. The molecule has 0 radical (unpaired) electrons. The molecule has 26 heavy (non-hydrogen) atoms. The zero-order valence-corrected chi connectivity index (χ0v) is 14.7. The first kappa shape index (κ1) is 16.6. The van der Waals surface area contributed by atoms with Crippen LogP contribution in [0.25, 0.3) is 16.9 Å². The molecule has 3 aromatic rings. The van der Waals surface area contributed by atoms with Crippen molar-refractivity contribution in [2.24, 2.45) is 0 Å². The average molecular weight is 365 g/mol. The summed E-state index contributed by atoms with van der Waals surface area (Å²) in [5.41, 5.74) is 3.13. The molecular formula is C18H15N5O2S. The summed E-state index contributed by atoms with van der Waals surface area (Å²) in [6.45, 7) is 3.33. The Kier molecular flexibility index (Phi) is 4.32. The van der Waals surface area contributed by atoms with Gasteiger partial charge >= 0.3 is 5.97 Å². The lowest BCUT2D eigenvalue weighted by molar-refractivity contribution is 0.0697. The minimum absolute atomic E-state index is 0.135. The second-order valence-corrected chi connectivity index (χ2v) is 6.96. The number of rotatable bonds is 2. The van der Waals surface area contributed by atoms with Crippen LogP contribution >= 0.6 is 11.8 Å². The maximum Gasteiger partial charge on any atom is 0.335 e. The average Bonchev–Trinajstić information content (AvgIpc) is 2.94. The van der Waals surface area contributed by atoms with Gasteiger partial charge in [-0.05, 0) is 19.1 Å². The highest BCUT2D eigenvalue weighted by molar-refractivity contribution is 8.00. The Morgan fingerprint density at radius 2 is 2.38 bits per heavy atom. The van der Waals surface area contributed by atoms with Crippen LogP contribution in [0.2, 0.25) is 0 Å². The van der Waals surface area contributed by atoms with E-state index < -0.39 is 5.97 Å². The molecule has 1 atom stereocenters. The second kappa shape index (κ2) is 6.78. The highest BCUT2D eigenvalue weighted by atomic mass is 32.2. The molecule has 3 aromatic heterocycles. The van der Waals surface area contributed by atoms with Crippen LogP contribution in [-0.2, 0) is 6.54 Å². The van der Waals surface area contributed by atoms with Gasteiger partial charge in [0.15, 0.2) is 5.65 Å². The molecule has 4 rings (SSSR count). The third-order valence-electron chi connectivity index (χ3n) is 4.02. The predicted octanol–water partition coefficient (Wildman–Crippen LogP) is 2.08. The summed E-state index contributed by atoms with van der Waals surface area (Å²) in [5.74, 6) is 5.15. The number of carboxylic acid groups (broad SMARTS) is 1. The first-order chi connectivity index (χ1) is 12.7. The second-order valence-electron chi connectivity index (χ2n) is 5.76. The molecule has 7 nitrogen and oxygen atoms in total. The van der Waals surface area contributed by atoms with E-state index in [1.807, 2.05) is 13.1 Å². The fourth-order valence-electron chi connectivity index (χ4n) is 2.80. The number of thioether (sulfide) groups is 1. The van der Waals surface area contributed by atoms with Gasteiger partial charge in [-0.2, -0.15) is 5.10 Å². The Bertz CT molecular complexity index is 1070. The molecule has 130 valence electrons. The minimum Gasteiger partial charge on any atom is -0.478 e. The highest BCUT2D eigenvalue weighted by Crippen LogP contribution is 2.30. The Balaban J connectivity index is 1.82. The summed E-state index contributed by atoms with van der Waals surface area (Å²) in [5, 5.41) is 18.0. The third kappa shape index (κ3) is 3.03. The smallest absolute Gasteiger partial charge is 0.335 e. The van der Waals surface area contributed by atoms with Crippen molar-refractivity contribution in [2.45, 2.75) is 23.7 Å². The molecule has 0 bridgehead atoms. The molecule has 0 aliphatic carbocycles. The molecule has 0 saturated carbocycles. The zero-order valence-electron chi connectivity index (χ0n) is 13.9. The van der Waals surface area contributed by atoms with Crippen molar-refractivity contribution < 1.29 is 9.90 Å². The number of carboxylic acids is 1. The summed E-state index contributed by atoms with van der Waals surface area (Å²) in [6, 6.07) is 3.00. The monoisotopic (exact) mass is 365 g/mol. The van der Waals surface area contributed by atoms with Crippen LogP contribution in [0.1, 0.15) is 22.8 Å². The van der Waals surface area contributed by atoms with E-state index in [9.17, 15) is 9.90 Å². The number of nitrogens with zero attached hydrogens (tertiary/aromatic N) is 4. The van der Waals surface area contributed by atoms with Crippen LogP contribution in [0.15, 0.2) is 35.7 Å². The van der Waals surface area contributed by atoms with Gasteiger partial charge in [-0.15, -0.1) is 5.92 Å². The summed E-state index contributed by atoms with van der Waals surface area (Å²) in [4.78, 5) is 20.3. The van der Waals surface area contributed by atoms with E-state index >= 15 is 0 Å². The molecule has 1 unspecified atom stereocenters. The molecule has 0 amide bonds. The Hall–Kier alpha value is -2.89. The molecule has 1 aliphatic heterocycles. The molecule has 0 aromatic carbocycles. The summed E-state index contributed by atoms with van der Waals surface area (Å²) >= 11 is 1.63. The van der Waals surface area contributed by atoms with Crippen LogP contribution in [0.5, 0.6) is 0 Å². The molecular weight excluding hydrogens is 350 g/mol. The van der Waals surface area contributed by atoms with Crippen LogP contribution in [-0.4, -0.2) is 42.5 Å². The first-order valence-electron chi connectivity index (χ1n) is 8.02. The van der Waals surface area contributed by atoms with Crippen LogP contribution in [0, 0.1) is 11.8 Å². The molecule has 0 saturated heterocycles. The van der Waals surface area contributed by atoms with Gasteiger partial charge in [-0.3, -0.25) is 4.98 Å². The largest absolute Gasteiger partial charge is 0.478 e. The van der Waals surface area contributed by atoms with Crippen molar-refractivity contribution in [3.05, 3.63) is 41.9 Å². The number of aromatic carboxylic acids is 1. The zero-order chi connectivity index (χ0) is 18.1. The summed E-state index contributed by atoms with van der Waals surface area (Å²) < 4.78 is 1.71. The minimum atomic E-state index is -0.991. The number of aromatic nitrogens is 4. The summed E-state index contributed by atoms with van der Waals surface area (Å²) in [7, 11) is 0. The SMILES string of the molecule is CC#CC1CNCc2cn3ncc(-c4cc(C(=O)O)ccn4)c3nc2S1. The Morgan fingerprint density at radius 1 is 1.50 bits per heavy atom. The van der Waals surface area contributed by atoms with Crippen LogP contribution in [0.3, 0.4) is 0 Å². The number of pyridine rings is 1. The summed E-state index contributed by atoms with van der Waals surface area (Å²) in [6.07, 6.45) is 5.10. The number of fused-ring (bicyclic) bond motifs is 2. The third-order valence-corrected chi connectivity index (χ3v) is 5.16. The Labute approximate surface area is 153 Å². The lowest BCUT2D eigenvalue weighted by atomic mass is 10.1. The fourth-order valence-corrected chi connectivity index (χ4v) is 3.87. The number of hydrogen-bond donors (Lipinski definition) is 2. The Morgan fingerprint density at radius 3 is 3.19 bits per heavy atom. The molecule has 1 aliphatic rings. The first-order valence-corrected chi connectivity index (χ1v) is 8.90. The lowest BCUT2D eigenvalue weighted by Crippen LogP contribution is -2.20. The van der Waals surface area contributed by atoms with Gasteiger partial charge in [0.05, 0.1) is 28.3 Å². The molecule has 8 heteroatoms. The van der Waals surface area contributed by atoms with E-state index in [1.165, 1.54) is 18.3 Å². The van der Waals surface area contributed by atoms with E-state index in [0.29, 0.717) is 23.4 Å². The van der Waals surface area contributed by atoms with Crippen molar-refractivity contribution in [1.29, 1.82) is 0 Å². The van der Waals surface area contributed by atoms with Gasteiger partial charge in [0.25, 0.3) is 0 Å². The van der Waals surface area contributed by atoms with Crippen molar-refractivity contribution >= 4 is 23.4 Å². The predicted molar refractivity (Wildman–Crippen MR) is 98.0 cm³/mol. The highest BCUT2D eigenvalue weighted by Gasteiger charge is 2.20. The van der Waals surface area contributed by atoms with Gasteiger partial charge < -0.3 is 10.4 Å². The van der Waals surface area contributed by atoms with E-state index in [-0.39, 0.29) is 10.8 Å². The standard InChI is InChI=1S/C18H15N5O2S/c1-2-3-13-8-19-7-12-10-23-16(22-17(12)26-13)14(9-21-23)15-6-11(18(24)25)4-5-20-15/h4-6,9-10,13,19H,7-8H2,1H3,(H,24,25). The molecule has 0 spiro atoms. The lowest BCUT2D eigenvalue weighted by Gasteiger charge is -2.07. The maximum atomic E-state index is 11.2. The molecule has 4 heterocycles. The van der Waals surface area contributed by atoms with Gasteiger partial charge in [0.2, 0.25) is 0 Å². The normalized spacial score (nSPS) is 16.4. The van der Waals surface area contributed by atoms with Crippen molar-refractivity contribution in [2.75, 3.05) is 6.54 Å². The maximum absolute atomic E-state index is 11.2. The molecule has 0 fully saturated rings. The topological polar surface area (TPSA) is 92.4 Å². The number of nitrogens with one attached hydrogen (secondary N) is 1. The van der Waals surface area contributed by atoms with Crippen LogP contribution < -0.4 is 5.32 Å².